The van der Waals surface area contributed by atoms with Crippen LogP contribution in [0, 0.1) is 0 Å². The van der Waals surface area contributed by atoms with Crippen molar-refractivity contribution >= 4 is 53.3 Å². The zero-order valence-corrected chi connectivity index (χ0v) is 30.7. The van der Waals surface area contributed by atoms with Crippen LogP contribution < -0.4 is 0 Å². The maximum atomic E-state index is 5.03. The van der Waals surface area contributed by atoms with Gasteiger partial charge in [-0.25, -0.2) is 15.0 Å². The molecule has 0 amide bonds. The first kappa shape index (κ1) is 32.2. The van der Waals surface area contributed by atoms with Gasteiger partial charge in [-0.15, -0.1) is 11.3 Å². The highest BCUT2D eigenvalue weighted by Crippen LogP contribution is 2.42. The summed E-state index contributed by atoms with van der Waals surface area (Å²) in [5.41, 5.74) is 10.2. The largest absolute Gasteiger partial charge is 0.309 e. The molecule has 0 bridgehead atoms. The van der Waals surface area contributed by atoms with E-state index in [0.29, 0.717) is 17.5 Å². The van der Waals surface area contributed by atoms with Crippen LogP contribution in [0.5, 0.6) is 0 Å². The second-order valence-electron chi connectivity index (χ2n) is 13.9. The molecule has 0 saturated carbocycles. The predicted molar refractivity (Wildman–Crippen MR) is 227 cm³/mol. The van der Waals surface area contributed by atoms with E-state index in [1.165, 1.54) is 71.5 Å². The van der Waals surface area contributed by atoms with Gasteiger partial charge in [-0.1, -0.05) is 129 Å². The van der Waals surface area contributed by atoms with Crippen LogP contribution in [0.3, 0.4) is 0 Å². The summed E-state index contributed by atoms with van der Waals surface area (Å²) in [7, 11) is 0. The van der Waals surface area contributed by atoms with Crippen molar-refractivity contribution in [3.8, 4) is 51.0 Å². The van der Waals surface area contributed by atoms with Gasteiger partial charge in [-0.05, 0) is 78.1 Å². The van der Waals surface area contributed by atoms with Crippen molar-refractivity contribution in [2.45, 2.75) is 26.2 Å². The lowest BCUT2D eigenvalue weighted by Gasteiger charge is -2.11. The van der Waals surface area contributed by atoms with Crippen LogP contribution in [0.25, 0.3) is 93.0 Å². The standard InChI is InChI=1S/C49H36N4S/c1-2-3-12-32-21-23-34(24-22-32)48-50-47(33-13-5-4-6-14-33)51-49(52-48)35-25-28-37(29-26-35)53-43-19-9-7-15-39(43)42-31-36(27-30-44(42)53)38-17-11-18-41-40-16-8-10-20-45(40)54-46(38)41/h4-11,13-31H,2-3,12H2,1H3. The molecule has 258 valence electrons. The van der Waals surface area contributed by atoms with E-state index in [-0.39, 0.29) is 0 Å². The molecular weight excluding hydrogens is 677 g/mol. The van der Waals surface area contributed by atoms with Gasteiger partial charge in [0.25, 0.3) is 0 Å². The fourth-order valence-corrected chi connectivity index (χ4v) is 8.94. The average molecular weight is 713 g/mol. The third-order valence-electron chi connectivity index (χ3n) is 10.5. The lowest BCUT2D eigenvalue weighted by Crippen LogP contribution is -2.00. The van der Waals surface area contributed by atoms with Crippen molar-refractivity contribution in [2.75, 3.05) is 0 Å². The van der Waals surface area contributed by atoms with Crippen LogP contribution in [-0.4, -0.2) is 19.5 Å². The first-order chi connectivity index (χ1) is 26.7. The van der Waals surface area contributed by atoms with Crippen molar-refractivity contribution in [2.24, 2.45) is 0 Å². The van der Waals surface area contributed by atoms with Gasteiger partial charge < -0.3 is 4.57 Å². The molecule has 0 unspecified atom stereocenters. The molecule has 0 saturated heterocycles. The van der Waals surface area contributed by atoms with Crippen molar-refractivity contribution in [3.63, 3.8) is 0 Å². The van der Waals surface area contributed by atoms with Gasteiger partial charge in [0.15, 0.2) is 17.5 Å². The highest BCUT2D eigenvalue weighted by molar-refractivity contribution is 7.26. The van der Waals surface area contributed by atoms with E-state index in [9.17, 15) is 0 Å². The summed E-state index contributed by atoms with van der Waals surface area (Å²) < 4.78 is 5.02. The Hall–Kier alpha value is -6.43. The normalized spacial score (nSPS) is 11.6. The van der Waals surface area contributed by atoms with E-state index in [0.717, 1.165) is 28.8 Å². The second kappa shape index (κ2) is 13.5. The molecule has 0 spiro atoms. The van der Waals surface area contributed by atoms with Gasteiger partial charge in [0.05, 0.1) is 11.0 Å². The Morgan fingerprint density at radius 1 is 0.481 bits per heavy atom. The van der Waals surface area contributed by atoms with Gasteiger partial charge >= 0.3 is 0 Å². The number of rotatable bonds is 8. The van der Waals surface area contributed by atoms with E-state index < -0.39 is 0 Å². The number of benzene rings is 7. The van der Waals surface area contributed by atoms with Gasteiger partial charge in [0.1, 0.15) is 0 Å². The number of para-hydroxylation sites is 1. The fourth-order valence-electron chi connectivity index (χ4n) is 7.70. The molecule has 0 aliphatic rings. The Morgan fingerprint density at radius 3 is 1.81 bits per heavy atom. The molecule has 54 heavy (non-hydrogen) atoms. The summed E-state index contributed by atoms with van der Waals surface area (Å²) in [6.45, 7) is 2.23. The summed E-state index contributed by atoms with van der Waals surface area (Å²) >= 11 is 1.88. The van der Waals surface area contributed by atoms with Crippen LogP contribution >= 0.6 is 11.3 Å². The third-order valence-corrected chi connectivity index (χ3v) is 11.7. The molecule has 0 radical (unpaired) electrons. The lowest BCUT2D eigenvalue weighted by atomic mass is 10.0. The number of aromatic nitrogens is 4. The van der Waals surface area contributed by atoms with Crippen molar-refractivity contribution in [3.05, 3.63) is 169 Å². The molecule has 5 heteroatoms. The number of unbranched alkanes of at least 4 members (excludes halogenated alkanes) is 1. The SMILES string of the molecule is CCCCc1ccc(-c2nc(-c3ccccc3)nc(-c3ccc(-n4c5ccccc5c5cc(-c6cccc7c6sc6ccccc67)ccc54)cc3)n2)cc1. The minimum Gasteiger partial charge on any atom is -0.309 e. The van der Waals surface area contributed by atoms with Crippen LogP contribution in [0.15, 0.2) is 164 Å². The number of fused-ring (bicyclic) bond motifs is 6. The van der Waals surface area contributed by atoms with Gasteiger partial charge in [-0.3, -0.25) is 0 Å². The topological polar surface area (TPSA) is 43.6 Å². The highest BCUT2D eigenvalue weighted by Gasteiger charge is 2.17. The van der Waals surface area contributed by atoms with E-state index in [2.05, 4.69) is 157 Å². The van der Waals surface area contributed by atoms with E-state index in [1.807, 2.05) is 29.5 Å². The number of hydrogen-bond donors (Lipinski definition) is 0. The van der Waals surface area contributed by atoms with Crippen LogP contribution in [0.1, 0.15) is 25.3 Å². The van der Waals surface area contributed by atoms with Crippen molar-refractivity contribution in [1.29, 1.82) is 0 Å². The number of nitrogens with zero attached hydrogens (tertiary/aromatic N) is 4. The van der Waals surface area contributed by atoms with Crippen molar-refractivity contribution in [1.82, 2.24) is 19.5 Å². The molecule has 3 heterocycles. The Balaban J connectivity index is 1.06. The molecule has 7 aromatic carbocycles. The summed E-state index contributed by atoms with van der Waals surface area (Å²) in [5, 5.41) is 5.11. The molecule has 3 aromatic heterocycles. The van der Waals surface area contributed by atoms with Crippen LogP contribution in [-0.2, 0) is 6.42 Å². The van der Waals surface area contributed by atoms with Crippen molar-refractivity contribution < 1.29 is 0 Å². The summed E-state index contributed by atoms with van der Waals surface area (Å²) in [5.74, 6) is 2.00. The first-order valence-electron chi connectivity index (χ1n) is 18.7. The summed E-state index contributed by atoms with van der Waals surface area (Å²) in [6, 6.07) is 58.5. The number of aryl methyl sites for hydroxylation is 1. The van der Waals surface area contributed by atoms with E-state index in [4.69, 9.17) is 15.0 Å². The minimum atomic E-state index is 0.655. The van der Waals surface area contributed by atoms with Gasteiger partial charge in [0.2, 0.25) is 0 Å². The summed E-state index contributed by atoms with van der Waals surface area (Å²) in [6.07, 6.45) is 3.45. The molecule has 10 rings (SSSR count). The second-order valence-corrected chi connectivity index (χ2v) is 14.9. The Bertz CT molecular complexity index is 2960. The molecular formula is C49H36N4S. The third kappa shape index (κ3) is 5.65. The van der Waals surface area contributed by atoms with E-state index >= 15 is 0 Å². The number of thiophene rings is 1. The molecule has 0 atom stereocenters. The van der Waals surface area contributed by atoms with Crippen LogP contribution in [0.4, 0.5) is 0 Å². The summed E-state index contributed by atoms with van der Waals surface area (Å²) in [4.78, 5) is 15.0. The zero-order chi connectivity index (χ0) is 36.0. The quantitative estimate of drug-likeness (QED) is 0.158. The first-order valence-corrected chi connectivity index (χ1v) is 19.5. The predicted octanol–water partition coefficient (Wildman–Crippen LogP) is 13.3. The lowest BCUT2D eigenvalue weighted by molar-refractivity contribution is 0.795. The minimum absolute atomic E-state index is 0.655. The molecule has 10 aromatic rings. The smallest absolute Gasteiger partial charge is 0.164 e. The fraction of sp³-hybridized carbons (Fsp3) is 0.0816. The van der Waals surface area contributed by atoms with Gasteiger partial charge in [-0.2, -0.15) is 0 Å². The zero-order valence-electron chi connectivity index (χ0n) is 29.9. The molecule has 0 fully saturated rings. The maximum Gasteiger partial charge on any atom is 0.164 e. The highest BCUT2D eigenvalue weighted by atomic mass is 32.1. The molecule has 0 aliphatic carbocycles. The van der Waals surface area contributed by atoms with Crippen LogP contribution in [0.2, 0.25) is 0 Å². The monoisotopic (exact) mass is 712 g/mol. The molecule has 0 aliphatic heterocycles. The molecule has 0 N–H and O–H groups in total. The number of hydrogen-bond acceptors (Lipinski definition) is 4. The Labute approximate surface area is 318 Å². The van der Waals surface area contributed by atoms with Gasteiger partial charge in [0, 0.05) is 53.3 Å². The Morgan fingerprint density at radius 2 is 1.07 bits per heavy atom. The van der Waals surface area contributed by atoms with E-state index in [1.54, 1.807) is 0 Å². The maximum absolute atomic E-state index is 5.03. The molecule has 4 nitrogen and oxygen atoms in total. The average Bonchev–Trinajstić information content (AvgIpc) is 3.79. The Kier molecular flexibility index (Phi) is 8.07.